The normalized spacial score (nSPS) is 14.5. The molecular weight excluding hydrogens is 560 g/mol. The first-order valence-corrected chi connectivity index (χ1v) is 13.5. The predicted octanol–water partition coefficient (Wildman–Crippen LogP) is 3.79. The van der Waals surface area contributed by atoms with Crippen LogP contribution in [-0.4, -0.2) is 37.3 Å². The van der Waals surface area contributed by atoms with Crippen molar-refractivity contribution < 1.29 is 33.0 Å². The molecule has 4 aromatic rings. The number of carbonyl (C=O) groups is 2. The number of benzene rings is 2. The summed E-state index contributed by atoms with van der Waals surface area (Å²) in [5, 5.41) is 0. The summed E-state index contributed by atoms with van der Waals surface area (Å²) < 4.78 is 28.5. The van der Waals surface area contributed by atoms with Gasteiger partial charge in [-0.2, -0.15) is 0 Å². The van der Waals surface area contributed by atoms with Crippen LogP contribution in [0.4, 0.5) is 0 Å². The number of esters is 2. The Morgan fingerprint density at radius 1 is 1.07 bits per heavy atom. The van der Waals surface area contributed by atoms with Gasteiger partial charge in [-0.15, -0.1) is 0 Å². The third-order valence-corrected chi connectivity index (χ3v) is 7.41. The standard InChI is InChI=1S/C31H26N2O8S/c1-5-14-40-30(36)26-18(2)32-31-33(28(34)25(42-31)16-20-10-13-22(37-3)17-24(20)38-4)27(26)19-8-11-21(12-9-19)41-29(35)23-7-6-15-39-23/h5-13,15-17,27H,1,14H2,2-4H3/t27-/m1/s1. The largest absolute Gasteiger partial charge is 0.497 e. The van der Waals surface area contributed by atoms with E-state index in [-0.39, 0.29) is 29.2 Å². The number of methoxy groups -OCH3 is 2. The zero-order valence-electron chi connectivity index (χ0n) is 23.0. The molecule has 0 amide bonds. The Kier molecular flexibility index (Phi) is 8.21. The minimum atomic E-state index is -0.853. The molecule has 0 N–H and O–H groups in total. The zero-order chi connectivity index (χ0) is 29.8. The van der Waals surface area contributed by atoms with Crippen molar-refractivity contribution >= 4 is 29.4 Å². The van der Waals surface area contributed by atoms with E-state index in [1.807, 2.05) is 0 Å². The Labute approximate surface area is 244 Å². The molecule has 2 aromatic heterocycles. The van der Waals surface area contributed by atoms with Gasteiger partial charge < -0.3 is 23.4 Å². The lowest BCUT2D eigenvalue weighted by atomic mass is 9.96. The number of furan rings is 1. The molecule has 2 aromatic carbocycles. The van der Waals surface area contributed by atoms with Crippen molar-refractivity contribution in [3.8, 4) is 17.2 Å². The molecule has 10 nitrogen and oxygen atoms in total. The molecule has 1 atom stereocenters. The number of fused-ring (bicyclic) bond motifs is 1. The van der Waals surface area contributed by atoms with Gasteiger partial charge in [0.25, 0.3) is 5.56 Å². The Morgan fingerprint density at radius 3 is 2.50 bits per heavy atom. The number of thiazole rings is 1. The van der Waals surface area contributed by atoms with Crippen LogP contribution < -0.4 is 29.1 Å². The van der Waals surface area contributed by atoms with E-state index in [4.69, 9.17) is 23.4 Å². The minimum absolute atomic E-state index is 0.00825. The van der Waals surface area contributed by atoms with E-state index in [1.165, 1.54) is 41.4 Å². The number of ether oxygens (including phenoxy) is 4. The van der Waals surface area contributed by atoms with Crippen LogP contribution in [0.15, 0.2) is 99.0 Å². The first kappa shape index (κ1) is 28.4. The average molecular weight is 587 g/mol. The number of carbonyl (C=O) groups excluding carboxylic acids is 2. The molecule has 0 saturated carbocycles. The summed E-state index contributed by atoms with van der Waals surface area (Å²) in [7, 11) is 3.09. The molecule has 0 aliphatic carbocycles. The van der Waals surface area contributed by atoms with E-state index in [0.29, 0.717) is 37.7 Å². The summed E-state index contributed by atoms with van der Waals surface area (Å²) in [5.74, 6) is 0.184. The summed E-state index contributed by atoms with van der Waals surface area (Å²) in [6.07, 6.45) is 4.55. The van der Waals surface area contributed by atoms with Crippen LogP contribution in [0.5, 0.6) is 17.2 Å². The Bertz CT molecular complexity index is 1860. The Morgan fingerprint density at radius 2 is 1.83 bits per heavy atom. The zero-order valence-corrected chi connectivity index (χ0v) is 23.8. The summed E-state index contributed by atoms with van der Waals surface area (Å²) in [4.78, 5) is 44.5. The minimum Gasteiger partial charge on any atom is -0.497 e. The maximum atomic E-state index is 13.9. The second-order valence-corrected chi connectivity index (χ2v) is 10.0. The van der Waals surface area contributed by atoms with Crippen LogP contribution in [0, 0.1) is 0 Å². The van der Waals surface area contributed by atoms with E-state index in [0.717, 1.165) is 0 Å². The van der Waals surface area contributed by atoms with Gasteiger partial charge in [-0.05, 0) is 55.0 Å². The lowest BCUT2D eigenvalue weighted by Crippen LogP contribution is -2.39. The van der Waals surface area contributed by atoms with Gasteiger partial charge in [0.2, 0.25) is 5.76 Å². The monoisotopic (exact) mass is 586 g/mol. The highest BCUT2D eigenvalue weighted by molar-refractivity contribution is 7.07. The SMILES string of the molecule is C=CCOC(=O)C1=C(C)N=c2sc(=Cc3ccc(OC)cc3OC)c(=O)n2[C@@H]1c1ccc(OC(=O)c2ccco2)cc1. The van der Waals surface area contributed by atoms with Gasteiger partial charge in [0.05, 0.1) is 42.3 Å². The van der Waals surface area contributed by atoms with E-state index >= 15 is 0 Å². The summed E-state index contributed by atoms with van der Waals surface area (Å²) >= 11 is 1.19. The molecule has 0 unspecified atom stereocenters. The first-order valence-electron chi connectivity index (χ1n) is 12.7. The third-order valence-electron chi connectivity index (χ3n) is 6.43. The van der Waals surface area contributed by atoms with Gasteiger partial charge in [-0.3, -0.25) is 9.36 Å². The van der Waals surface area contributed by atoms with E-state index in [9.17, 15) is 14.4 Å². The fourth-order valence-electron chi connectivity index (χ4n) is 4.46. The number of aromatic nitrogens is 1. The quantitative estimate of drug-likeness (QED) is 0.165. The second kappa shape index (κ2) is 12.1. The maximum absolute atomic E-state index is 13.9. The molecular formula is C31H26N2O8S. The number of hydrogen-bond acceptors (Lipinski definition) is 10. The Balaban J connectivity index is 1.60. The third kappa shape index (κ3) is 5.54. The van der Waals surface area contributed by atoms with Crippen LogP contribution >= 0.6 is 11.3 Å². The molecule has 0 fully saturated rings. The molecule has 5 rings (SSSR count). The lowest BCUT2D eigenvalue weighted by Gasteiger charge is -2.24. The van der Waals surface area contributed by atoms with Crippen molar-refractivity contribution in [3.05, 3.63) is 121 Å². The van der Waals surface area contributed by atoms with Gasteiger partial charge in [0.1, 0.15) is 23.9 Å². The van der Waals surface area contributed by atoms with Crippen LogP contribution in [-0.2, 0) is 9.53 Å². The fraction of sp³-hybridized carbons (Fsp3) is 0.161. The van der Waals surface area contributed by atoms with Crippen LogP contribution in [0.25, 0.3) is 6.08 Å². The topological polar surface area (TPSA) is 119 Å². The van der Waals surface area contributed by atoms with Crippen molar-refractivity contribution in [2.24, 2.45) is 4.99 Å². The van der Waals surface area contributed by atoms with Crippen LogP contribution in [0.1, 0.15) is 34.6 Å². The smallest absolute Gasteiger partial charge is 0.379 e. The number of rotatable bonds is 9. The number of nitrogens with zero attached hydrogens (tertiary/aromatic N) is 2. The second-order valence-electron chi connectivity index (χ2n) is 9.01. The molecule has 1 aliphatic rings. The van der Waals surface area contributed by atoms with Crippen molar-refractivity contribution in [2.45, 2.75) is 13.0 Å². The van der Waals surface area contributed by atoms with Crippen molar-refractivity contribution in [2.75, 3.05) is 20.8 Å². The fourth-order valence-corrected chi connectivity index (χ4v) is 5.50. The van der Waals surface area contributed by atoms with Crippen molar-refractivity contribution in [1.82, 2.24) is 4.57 Å². The lowest BCUT2D eigenvalue weighted by molar-refractivity contribution is -0.138. The van der Waals surface area contributed by atoms with Gasteiger partial charge >= 0.3 is 11.9 Å². The number of allylic oxidation sites excluding steroid dienone is 1. The van der Waals surface area contributed by atoms with Gasteiger partial charge in [-0.25, -0.2) is 14.6 Å². The highest BCUT2D eigenvalue weighted by atomic mass is 32.1. The highest BCUT2D eigenvalue weighted by Gasteiger charge is 2.33. The summed E-state index contributed by atoms with van der Waals surface area (Å²) in [5.41, 5.74) is 1.53. The molecule has 0 radical (unpaired) electrons. The number of hydrogen-bond donors (Lipinski definition) is 0. The molecule has 0 saturated heterocycles. The maximum Gasteiger partial charge on any atom is 0.379 e. The predicted molar refractivity (Wildman–Crippen MR) is 155 cm³/mol. The van der Waals surface area contributed by atoms with Crippen LogP contribution in [0.3, 0.4) is 0 Å². The molecule has 42 heavy (non-hydrogen) atoms. The van der Waals surface area contributed by atoms with E-state index < -0.39 is 18.0 Å². The van der Waals surface area contributed by atoms with Gasteiger partial charge in [-0.1, -0.05) is 36.1 Å². The molecule has 11 heteroatoms. The molecule has 3 heterocycles. The van der Waals surface area contributed by atoms with E-state index in [1.54, 1.807) is 68.6 Å². The molecule has 0 bridgehead atoms. The van der Waals surface area contributed by atoms with E-state index in [2.05, 4.69) is 11.6 Å². The van der Waals surface area contributed by atoms with Gasteiger partial charge in [0.15, 0.2) is 4.80 Å². The van der Waals surface area contributed by atoms with Crippen molar-refractivity contribution in [1.29, 1.82) is 0 Å². The summed E-state index contributed by atoms with van der Waals surface area (Å²) in [6, 6.07) is 14.0. The van der Waals surface area contributed by atoms with Gasteiger partial charge in [0, 0.05) is 11.6 Å². The molecule has 0 spiro atoms. The highest BCUT2D eigenvalue weighted by Crippen LogP contribution is 2.32. The molecule has 214 valence electrons. The summed E-state index contributed by atoms with van der Waals surface area (Å²) in [6.45, 7) is 5.29. The van der Waals surface area contributed by atoms with Crippen LogP contribution in [0.2, 0.25) is 0 Å². The first-order chi connectivity index (χ1) is 20.3. The molecule has 1 aliphatic heterocycles. The average Bonchev–Trinajstić information content (AvgIpc) is 3.64. The Hall–Kier alpha value is -5.16. The van der Waals surface area contributed by atoms with Crippen molar-refractivity contribution in [3.63, 3.8) is 0 Å².